The lowest BCUT2D eigenvalue weighted by molar-refractivity contribution is -0.128. The van der Waals surface area contributed by atoms with Crippen molar-refractivity contribution in [3.05, 3.63) is 0 Å². The van der Waals surface area contributed by atoms with Crippen molar-refractivity contribution in [2.24, 2.45) is 11.8 Å². The summed E-state index contributed by atoms with van der Waals surface area (Å²) < 4.78 is 25.8. The number of ketones is 1. The highest BCUT2D eigenvalue weighted by Gasteiger charge is 2.37. The molecule has 3 heteroatoms. The largest absolute Gasteiger partial charge is 0.299 e. The van der Waals surface area contributed by atoms with E-state index < -0.39 is 5.92 Å². The van der Waals surface area contributed by atoms with Crippen molar-refractivity contribution in [1.82, 2.24) is 0 Å². The molecule has 16 heavy (non-hydrogen) atoms. The highest BCUT2D eigenvalue weighted by atomic mass is 19.3. The first-order valence-corrected chi connectivity index (χ1v) is 6.39. The Balaban J connectivity index is 2.38. The van der Waals surface area contributed by atoms with Crippen LogP contribution >= 0.6 is 0 Å². The third-order valence-corrected chi connectivity index (χ3v) is 3.82. The first-order valence-electron chi connectivity index (χ1n) is 6.39. The Bertz CT molecular complexity index is 224. The summed E-state index contributed by atoms with van der Waals surface area (Å²) in [6.45, 7) is 4.16. The van der Waals surface area contributed by atoms with Gasteiger partial charge in [-0.25, -0.2) is 8.78 Å². The molecule has 0 spiro atoms. The molecule has 0 heterocycles. The lowest BCUT2D eigenvalue weighted by Gasteiger charge is -2.28. The van der Waals surface area contributed by atoms with E-state index in [-0.39, 0.29) is 24.5 Å². The van der Waals surface area contributed by atoms with Gasteiger partial charge in [-0.2, -0.15) is 0 Å². The number of hydrogen-bond donors (Lipinski definition) is 0. The second-order valence-electron chi connectivity index (χ2n) is 4.98. The number of Topliss-reactive ketones (excluding diaryl/α,β-unsaturated/α-hetero) is 1. The number of alkyl halides is 2. The molecule has 0 saturated heterocycles. The second kappa shape index (κ2) is 5.74. The molecule has 1 rings (SSSR count). The summed E-state index contributed by atoms with van der Waals surface area (Å²) in [5.41, 5.74) is 0. The van der Waals surface area contributed by atoms with Crippen LogP contribution in [-0.4, -0.2) is 11.7 Å². The molecule has 0 bridgehead atoms. The topological polar surface area (TPSA) is 17.1 Å². The van der Waals surface area contributed by atoms with Gasteiger partial charge in [0.05, 0.1) is 0 Å². The van der Waals surface area contributed by atoms with E-state index in [1.54, 1.807) is 0 Å². The zero-order chi connectivity index (χ0) is 12.2. The zero-order valence-electron chi connectivity index (χ0n) is 10.3. The molecule has 0 unspecified atom stereocenters. The highest BCUT2D eigenvalue weighted by Crippen LogP contribution is 2.37. The fourth-order valence-electron chi connectivity index (χ4n) is 2.39. The smallest absolute Gasteiger partial charge is 0.248 e. The van der Waals surface area contributed by atoms with Gasteiger partial charge in [0.2, 0.25) is 5.92 Å². The van der Waals surface area contributed by atoms with Crippen molar-refractivity contribution >= 4 is 5.78 Å². The van der Waals surface area contributed by atoms with E-state index in [0.717, 1.165) is 12.8 Å². The molecule has 0 aromatic carbocycles. The normalized spacial score (nSPS) is 21.3. The molecule has 0 radical (unpaired) electrons. The molecular formula is C13H22F2O. The first-order chi connectivity index (χ1) is 7.48. The van der Waals surface area contributed by atoms with E-state index in [1.165, 1.54) is 0 Å². The average Bonchev–Trinajstić information content (AvgIpc) is 2.25. The minimum absolute atomic E-state index is 0.0970. The number of rotatable bonds is 5. The Kier molecular flexibility index (Phi) is 4.88. The molecular weight excluding hydrogens is 210 g/mol. The molecule has 0 aromatic rings. The van der Waals surface area contributed by atoms with Crippen LogP contribution in [0.5, 0.6) is 0 Å². The lowest BCUT2D eigenvalue weighted by atomic mass is 9.81. The van der Waals surface area contributed by atoms with Crippen LogP contribution in [0.15, 0.2) is 0 Å². The molecule has 1 aliphatic rings. The standard InChI is InChI=1S/C13H22F2O/c1-3-10(4-2)9-12(16)11-5-7-13(14,15)8-6-11/h10-11H,3-9H2,1-2H3. The van der Waals surface area contributed by atoms with Crippen molar-refractivity contribution in [3.8, 4) is 0 Å². The summed E-state index contributed by atoms with van der Waals surface area (Å²) in [4.78, 5) is 11.9. The zero-order valence-corrected chi connectivity index (χ0v) is 10.3. The van der Waals surface area contributed by atoms with E-state index in [0.29, 0.717) is 25.2 Å². The molecule has 0 aliphatic heterocycles. The van der Waals surface area contributed by atoms with Gasteiger partial charge in [0, 0.05) is 25.2 Å². The maximum atomic E-state index is 12.9. The summed E-state index contributed by atoms with van der Waals surface area (Å²) in [5, 5.41) is 0. The van der Waals surface area contributed by atoms with Gasteiger partial charge >= 0.3 is 0 Å². The monoisotopic (exact) mass is 232 g/mol. The molecule has 1 nitrogen and oxygen atoms in total. The number of carbonyl (C=O) groups excluding carboxylic acids is 1. The van der Waals surface area contributed by atoms with Gasteiger partial charge in [0.1, 0.15) is 5.78 Å². The van der Waals surface area contributed by atoms with Crippen LogP contribution in [-0.2, 0) is 4.79 Å². The number of halogens is 2. The van der Waals surface area contributed by atoms with E-state index >= 15 is 0 Å². The van der Waals surface area contributed by atoms with Crippen LogP contribution in [0.3, 0.4) is 0 Å². The van der Waals surface area contributed by atoms with Gasteiger partial charge in [-0.15, -0.1) is 0 Å². The fraction of sp³-hybridized carbons (Fsp3) is 0.923. The summed E-state index contributed by atoms with van der Waals surface area (Å²) >= 11 is 0. The molecule has 1 aliphatic carbocycles. The van der Waals surface area contributed by atoms with Gasteiger partial charge in [-0.1, -0.05) is 26.7 Å². The highest BCUT2D eigenvalue weighted by molar-refractivity contribution is 5.81. The van der Waals surface area contributed by atoms with Gasteiger partial charge < -0.3 is 0 Å². The summed E-state index contributed by atoms with van der Waals surface area (Å²) in [6, 6.07) is 0. The Morgan fingerprint density at radius 3 is 2.19 bits per heavy atom. The van der Waals surface area contributed by atoms with Gasteiger partial charge in [0.15, 0.2) is 0 Å². The van der Waals surface area contributed by atoms with E-state index in [1.807, 2.05) is 0 Å². The van der Waals surface area contributed by atoms with Crippen LogP contribution < -0.4 is 0 Å². The minimum Gasteiger partial charge on any atom is -0.299 e. The fourth-order valence-corrected chi connectivity index (χ4v) is 2.39. The van der Waals surface area contributed by atoms with Crippen molar-refractivity contribution < 1.29 is 13.6 Å². The van der Waals surface area contributed by atoms with Crippen LogP contribution in [0.25, 0.3) is 0 Å². The van der Waals surface area contributed by atoms with Gasteiger partial charge in [0.25, 0.3) is 0 Å². The van der Waals surface area contributed by atoms with Gasteiger partial charge in [-0.3, -0.25) is 4.79 Å². The second-order valence-corrected chi connectivity index (χ2v) is 4.98. The predicted molar refractivity (Wildman–Crippen MR) is 60.6 cm³/mol. The summed E-state index contributed by atoms with van der Waals surface area (Å²) in [6.07, 6.45) is 3.15. The maximum absolute atomic E-state index is 12.9. The van der Waals surface area contributed by atoms with Crippen LogP contribution in [0.1, 0.15) is 58.8 Å². The van der Waals surface area contributed by atoms with Crippen molar-refractivity contribution in [2.45, 2.75) is 64.7 Å². The molecule has 0 aromatic heterocycles. The molecule has 1 saturated carbocycles. The summed E-state index contributed by atoms with van der Waals surface area (Å²) in [5.74, 6) is -1.97. The molecule has 0 N–H and O–H groups in total. The lowest BCUT2D eigenvalue weighted by Crippen LogP contribution is -2.29. The first kappa shape index (κ1) is 13.6. The number of hydrogen-bond acceptors (Lipinski definition) is 1. The van der Waals surface area contributed by atoms with Gasteiger partial charge in [-0.05, 0) is 18.8 Å². The van der Waals surface area contributed by atoms with E-state index in [4.69, 9.17) is 0 Å². The third kappa shape index (κ3) is 3.84. The summed E-state index contributed by atoms with van der Waals surface area (Å²) in [7, 11) is 0. The van der Waals surface area contributed by atoms with E-state index in [2.05, 4.69) is 13.8 Å². The quantitative estimate of drug-likeness (QED) is 0.694. The van der Waals surface area contributed by atoms with Crippen molar-refractivity contribution in [1.29, 1.82) is 0 Å². The molecule has 0 amide bonds. The third-order valence-electron chi connectivity index (χ3n) is 3.82. The number of carbonyl (C=O) groups is 1. The van der Waals surface area contributed by atoms with E-state index in [9.17, 15) is 13.6 Å². The Morgan fingerprint density at radius 1 is 1.25 bits per heavy atom. The van der Waals surface area contributed by atoms with Crippen LogP contribution in [0.4, 0.5) is 8.78 Å². The predicted octanol–water partition coefficient (Wildman–Crippen LogP) is 4.21. The SMILES string of the molecule is CCC(CC)CC(=O)C1CCC(F)(F)CC1. The maximum Gasteiger partial charge on any atom is 0.248 e. The Labute approximate surface area is 96.6 Å². The minimum atomic E-state index is -2.52. The molecule has 0 atom stereocenters. The van der Waals surface area contributed by atoms with Crippen LogP contribution in [0, 0.1) is 11.8 Å². The molecule has 1 fully saturated rings. The van der Waals surface area contributed by atoms with Crippen molar-refractivity contribution in [3.63, 3.8) is 0 Å². The Morgan fingerprint density at radius 2 is 1.75 bits per heavy atom. The molecule has 94 valence electrons. The van der Waals surface area contributed by atoms with Crippen LogP contribution in [0.2, 0.25) is 0 Å². The average molecular weight is 232 g/mol. The Hall–Kier alpha value is -0.470. The van der Waals surface area contributed by atoms with Crippen molar-refractivity contribution in [2.75, 3.05) is 0 Å².